The molecule has 5 rings (SSSR count). The molecule has 0 heterocycles. The van der Waals surface area contributed by atoms with E-state index in [0.29, 0.717) is 25.8 Å². The first-order valence-corrected chi connectivity index (χ1v) is 14.8. The fourth-order valence-electron chi connectivity index (χ4n) is 5.96. The molecule has 1 unspecified atom stereocenters. The largest absolute Gasteiger partial charge is 0.497 e. The maximum absolute atomic E-state index is 14.2. The predicted octanol–water partition coefficient (Wildman–Crippen LogP) is 6.87. The van der Waals surface area contributed by atoms with Crippen molar-refractivity contribution in [3.8, 4) is 5.75 Å². The Labute approximate surface area is 243 Å². The number of benzene rings is 4. The van der Waals surface area contributed by atoms with Crippen molar-refractivity contribution in [3.63, 3.8) is 0 Å². The molecule has 0 spiro atoms. The zero-order valence-electron chi connectivity index (χ0n) is 23.9. The third kappa shape index (κ3) is 7.55. The third-order valence-electron chi connectivity index (χ3n) is 8.20. The molecule has 1 fully saturated rings. The highest BCUT2D eigenvalue weighted by Gasteiger charge is 2.32. The third-order valence-corrected chi connectivity index (χ3v) is 8.20. The molecule has 212 valence electrons. The van der Waals surface area contributed by atoms with Crippen LogP contribution in [0.2, 0.25) is 0 Å². The van der Waals surface area contributed by atoms with Crippen molar-refractivity contribution in [2.75, 3.05) is 7.11 Å². The van der Waals surface area contributed by atoms with Crippen LogP contribution in [0.1, 0.15) is 55.2 Å². The Hall–Kier alpha value is -4.12. The lowest BCUT2D eigenvalue weighted by atomic mass is 9.94. The summed E-state index contributed by atoms with van der Waals surface area (Å²) in [6.45, 7) is 0.334. The number of carbonyl (C=O) groups is 2. The standard InChI is InChI=1S/C36H40N2O3/c1-41-32-20-10-14-28(24-32)26-38(35(39)23-22-30-17-11-16-29-15-8-9-21-33(29)30)34(25-27-12-4-2-5-13-27)36(40)37-31-18-6-3-7-19-31/h2,4-5,8-17,20-21,24,31,34H,3,6-7,18-19,22-23,25-26H2,1H3,(H,37,40). The highest BCUT2D eigenvalue weighted by atomic mass is 16.5. The van der Waals surface area contributed by atoms with Crippen molar-refractivity contribution < 1.29 is 14.3 Å². The van der Waals surface area contributed by atoms with Crippen LogP contribution in [0.4, 0.5) is 0 Å². The van der Waals surface area contributed by atoms with Crippen LogP contribution in [0.25, 0.3) is 10.8 Å². The molecule has 2 amide bonds. The van der Waals surface area contributed by atoms with Gasteiger partial charge in [0.15, 0.2) is 0 Å². The van der Waals surface area contributed by atoms with E-state index in [0.717, 1.165) is 53.5 Å². The molecule has 4 aromatic carbocycles. The fourth-order valence-corrected chi connectivity index (χ4v) is 5.96. The van der Waals surface area contributed by atoms with Gasteiger partial charge < -0.3 is 15.0 Å². The van der Waals surface area contributed by atoms with Gasteiger partial charge in [0.2, 0.25) is 11.8 Å². The van der Waals surface area contributed by atoms with Gasteiger partial charge in [0.05, 0.1) is 7.11 Å². The van der Waals surface area contributed by atoms with E-state index in [4.69, 9.17) is 4.74 Å². The quantitative estimate of drug-likeness (QED) is 0.223. The number of fused-ring (bicyclic) bond motifs is 1. The SMILES string of the molecule is COc1cccc(CN(C(=O)CCc2cccc3ccccc23)C(Cc2ccccc2)C(=O)NC2CCCCC2)c1. The van der Waals surface area contributed by atoms with E-state index in [-0.39, 0.29) is 17.9 Å². The lowest BCUT2D eigenvalue weighted by Gasteiger charge is -2.33. The van der Waals surface area contributed by atoms with Crippen molar-refractivity contribution in [2.24, 2.45) is 0 Å². The van der Waals surface area contributed by atoms with Crippen molar-refractivity contribution in [1.82, 2.24) is 10.2 Å². The molecule has 1 aliphatic carbocycles. The molecule has 1 N–H and O–H groups in total. The van der Waals surface area contributed by atoms with Gasteiger partial charge in [0.1, 0.15) is 11.8 Å². The molecule has 1 aliphatic rings. The van der Waals surface area contributed by atoms with E-state index >= 15 is 0 Å². The number of hydrogen-bond acceptors (Lipinski definition) is 3. The van der Waals surface area contributed by atoms with E-state index in [2.05, 4.69) is 29.6 Å². The first-order chi connectivity index (χ1) is 20.1. The maximum Gasteiger partial charge on any atom is 0.243 e. The molecule has 0 radical (unpaired) electrons. The Morgan fingerprint density at radius 1 is 0.854 bits per heavy atom. The zero-order chi connectivity index (χ0) is 28.4. The lowest BCUT2D eigenvalue weighted by Crippen LogP contribution is -2.52. The average molecular weight is 549 g/mol. The van der Waals surface area contributed by atoms with Crippen LogP contribution in [-0.2, 0) is 29.0 Å². The number of ether oxygens (including phenoxy) is 1. The molecule has 5 heteroatoms. The number of nitrogens with zero attached hydrogens (tertiary/aromatic N) is 1. The minimum Gasteiger partial charge on any atom is -0.497 e. The van der Waals surface area contributed by atoms with E-state index in [1.807, 2.05) is 72.8 Å². The number of nitrogens with one attached hydrogen (secondary N) is 1. The smallest absolute Gasteiger partial charge is 0.243 e. The van der Waals surface area contributed by atoms with Crippen molar-refractivity contribution in [2.45, 2.75) is 70.0 Å². The normalized spacial score (nSPS) is 14.4. The van der Waals surface area contributed by atoms with Gasteiger partial charge in [-0.1, -0.05) is 104 Å². The Bertz CT molecular complexity index is 1440. The average Bonchev–Trinajstić information content (AvgIpc) is 3.02. The Morgan fingerprint density at radius 2 is 1.56 bits per heavy atom. The lowest BCUT2D eigenvalue weighted by molar-refractivity contribution is -0.141. The van der Waals surface area contributed by atoms with Gasteiger partial charge in [-0.2, -0.15) is 0 Å². The van der Waals surface area contributed by atoms with Crippen LogP contribution in [0, 0.1) is 0 Å². The van der Waals surface area contributed by atoms with Crippen LogP contribution < -0.4 is 10.1 Å². The molecule has 41 heavy (non-hydrogen) atoms. The van der Waals surface area contributed by atoms with Gasteiger partial charge in [-0.15, -0.1) is 0 Å². The second kappa shape index (κ2) is 14.0. The number of methoxy groups -OCH3 is 1. The van der Waals surface area contributed by atoms with E-state index in [9.17, 15) is 9.59 Å². The van der Waals surface area contributed by atoms with Crippen LogP contribution in [-0.4, -0.2) is 35.9 Å². The number of rotatable bonds is 11. The van der Waals surface area contributed by atoms with Gasteiger partial charge in [-0.3, -0.25) is 9.59 Å². The van der Waals surface area contributed by atoms with Crippen LogP contribution in [0.15, 0.2) is 97.1 Å². The van der Waals surface area contributed by atoms with Gasteiger partial charge >= 0.3 is 0 Å². The number of hydrogen-bond donors (Lipinski definition) is 1. The highest BCUT2D eigenvalue weighted by Crippen LogP contribution is 2.24. The summed E-state index contributed by atoms with van der Waals surface area (Å²) in [4.78, 5) is 29.9. The molecule has 1 atom stereocenters. The minimum absolute atomic E-state index is 0.0273. The van der Waals surface area contributed by atoms with E-state index in [1.165, 1.54) is 11.8 Å². The summed E-state index contributed by atoms with van der Waals surface area (Å²) in [5, 5.41) is 5.65. The number of amides is 2. The summed E-state index contributed by atoms with van der Waals surface area (Å²) in [6, 6.07) is 31.8. The summed E-state index contributed by atoms with van der Waals surface area (Å²) >= 11 is 0. The Morgan fingerprint density at radius 3 is 2.37 bits per heavy atom. The Kier molecular flexibility index (Phi) is 9.69. The molecule has 0 saturated heterocycles. The van der Waals surface area contributed by atoms with Gasteiger partial charge in [-0.25, -0.2) is 0 Å². The molecule has 4 aromatic rings. The van der Waals surface area contributed by atoms with Crippen molar-refractivity contribution >= 4 is 22.6 Å². The number of carbonyl (C=O) groups excluding carboxylic acids is 2. The summed E-state index contributed by atoms with van der Waals surface area (Å²) < 4.78 is 5.46. The molecule has 0 aromatic heterocycles. The van der Waals surface area contributed by atoms with Gasteiger partial charge in [0.25, 0.3) is 0 Å². The van der Waals surface area contributed by atoms with Crippen LogP contribution >= 0.6 is 0 Å². The number of aryl methyl sites for hydroxylation is 1. The molecule has 0 aliphatic heterocycles. The molecule has 0 bridgehead atoms. The predicted molar refractivity (Wildman–Crippen MR) is 165 cm³/mol. The highest BCUT2D eigenvalue weighted by molar-refractivity contribution is 5.89. The summed E-state index contributed by atoms with van der Waals surface area (Å²) in [6.07, 6.45) is 6.86. The molecular formula is C36H40N2O3. The van der Waals surface area contributed by atoms with Crippen molar-refractivity contribution in [1.29, 1.82) is 0 Å². The monoisotopic (exact) mass is 548 g/mol. The van der Waals surface area contributed by atoms with Crippen molar-refractivity contribution in [3.05, 3.63) is 114 Å². The van der Waals surface area contributed by atoms with Crippen LogP contribution in [0.3, 0.4) is 0 Å². The van der Waals surface area contributed by atoms with Gasteiger partial charge in [0, 0.05) is 25.4 Å². The first kappa shape index (κ1) is 28.4. The van der Waals surface area contributed by atoms with E-state index < -0.39 is 6.04 Å². The first-order valence-electron chi connectivity index (χ1n) is 14.8. The minimum atomic E-state index is -0.620. The second-order valence-corrected chi connectivity index (χ2v) is 11.1. The summed E-state index contributed by atoms with van der Waals surface area (Å²) in [7, 11) is 1.64. The summed E-state index contributed by atoms with van der Waals surface area (Å²) in [5.41, 5.74) is 3.12. The molecule has 1 saturated carbocycles. The Balaban J connectivity index is 1.44. The molecule has 5 nitrogen and oxygen atoms in total. The maximum atomic E-state index is 14.2. The molecular weight excluding hydrogens is 508 g/mol. The van der Waals surface area contributed by atoms with Gasteiger partial charge in [-0.05, 0) is 58.9 Å². The second-order valence-electron chi connectivity index (χ2n) is 11.1. The van der Waals surface area contributed by atoms with E-state index in [1.54, 1.807) is 12.0 Å². The fraction of sp³-hybridized carbons (Fsp3) is 0.333. The topological polar surface area (TPSA) is 58.6 Å². The van der Waals surface area contributed by atoms with Crippen LogP contribution in [0.5, 0.6) is 5.75 Å². The zero-order valence-corrected chi connectivity index (χ0v) is 23.9. The summed E-state index contributed by atoms with van der Waals surface area (Å²) in [5.74, 6) is 0.638.